The van der Waals surface area contributed by atoms with E-state index < -0.39 is 0 Å². The Labute approximate surface area is 110 Å². The summed E-state index contributed by atoms with van der Waals surface area (Å²) in [6.45, 7) is 0.770. The fraction of sp³-hybridized carbons (Fsp3) is 0.538. The average Bonchev–Trinajstić information content (AvgIpc) is 2.85. The molecule has 3 atom stereocenters. The number of methoxy groups -OCH3 is 1. The van der Waals surface area contributed by atoms with Crippen LogP contribution in [-0.2, 0) is 15.1 Å². The van der Waals surface area contributed by atoms with Crippen LogP contribution in [0.15, 0.2) is 28.7 Å². The molecule has 0 aromatic heterocycles. The molecule has 1 N–H and O–H groups in total. The van der Waals surface area contributed by atoms with E-state index in [9.17, 15) is 0 Å². The van der Waals surface area contributed by atoms with Crippen molar-refractivity contribution in [1.29, 1.82) is 0 Å². The first-order valence-corrected chi connectivity index (χ1v) is 6.72. The molecular weight excluding hydrogens is 282 g/mol. The summed E-state index contributed by atoms with van der Waals surface area (Å²) >= 11 is 3.54. The van der Waals surface area contributed by atoms with Gasteiger partial charge in [-0.25, -0.2) is 0 Å². The van der Waals surface area contributed by atoms with Gasteiger partial charge in [-0.15, -0.1) is 0 Å². The SMILES string of the molecule is COC1CC2CONC2(c2cccc(Br)c2)C1. The molecule has 1 aliphatic heterocycles. The first-order chi connectivity index (χ1) is 8.24. The predicted molar refractivity (Wildman–Crippen MR) is 68.4 cm³/mol. The Hall–Kier alpha value is -0.420. The number of ether oxygens (including phenoxy) is 1. The monoisotopic (exact) mass is 297 g/mol. The molecule has 4 heteroatoms. The maximum atomic E-state index is 5.52. The minimum atomic E-state index is -0.0650. The zero-order chi connectivity index (χ0) is 11.9. The molecule has 3 rings (SSSR count). The smallest absolute Gasteiger partial charge is 0.0757 e. The number of hydroxylamine groups is 1. The number of hydrogen-bond acceptors (Lipinski definition) is 3. The Morgan fingerprint density at radius 3 is 3.18 bits per heavy atom. The van der Waals surface area contributed by atoms with Crippen LogP contribution in [0, 0.1) is 5.92 Å². The molecule has 1 aromatic carbocycles. The Morgan fingerprint density at radius 2 is 2.41 bits per heavy atom. The molecule has 2 fully saturated rings. The summed E-state index contributed by atoms with van der Waals surface area (Å²) in [6, 6.07) is 8.46. The molecule has 92 valence electrons. The lowest BCUT2D eigenvalue weighted by Gasteiger charge is -2.28. The summed E-state index contributed by atoms with van der Waals surface area (Å²) in [5, 5.41) is 0. The zero-order valence-electron chi connectivity index (χ0n) is 9.78. The molecule has 3 nitrogen and oxygen atoms in total. The van der Waals surface area contributed by atoms with Gasteiger partial charge < -0.3 is 9.57 Å². The lowest BCUT2D eigenvalue weighted by atomic mass is 9.82. The molecule has 1 saturated carbocycles. The number of halogens is 1. The van der Waals surface area contributed by atoms with E-state index in [4.69, 9.17) is 9.57 Å². The summed E-state index contributed by atoms with van der Waals surface area (Å²) in [4.78, 5) is 5.48. The fourth-order valence-corrected chi connectivity index (χ4v) is 3.49. The highest BCUT2D eigenvalue weighted by Gasteiger charge is 2.52. The number of hydrogen-bond donors (Lipinski definition) is 1. The standard InChI is InChI=1S/C13H16BrNO2/c1-16-12-6-10-8-17-15-13(10,7-12)9-3-2-4-11(14)5-9/h2-5,10,12,15H,6-8H2,1H3. The van der Waals surface area contributed by atoms with Crippen molar-refractivity contribution < 1.29 is 9.57 Å². The Balaban J connectivity index is 1.98. The van der Waals surface area contributed by atoms with Crippen molar-refractivity contribution in [3.8, 4) is 0 Å². The van der Waals surface area contributed by atoms with Crippen molar-refractivity contribution in [2.45, 2.75) is 24.5 Å². The molecule has 0 bridgehead atoms. The van der Waals surface area contributed by atoms with Crippen molar-refractivity contribution in [2.75, 3.05) is 13.7 Å². The molecule has 0 radical (unpaired) electrons. The van der Waals surface area contributed by atoms with Crippen LogP contribution in [0.1, 0.15) is 18.4 Å². The molecule has 3 unspecified atom stereocenters. The van der Waals surface area contributed by atoms with Gasteiger partial charge in [-0.3, -0.25) is 0 Å². The lowest BCUT2D eigenvalue weighted by molar-refractivity contribution is 0.0278. The van der Waals surface area contributed by atoms with Crippen LogP contribution >= 0.6 is 15.9 Å². The van der Waals surface area contributed by atoms with Gasteiger partial charge in [0.1, 0.15) is 0 Å². The molecule has 0 amide bonds. The highest BCUT2D eigenvalue weighted by Crippen LogP contribution is 2.47. The third-order valence-corrected chi connectivity index (χ3v) is 4.50. The number of fused-ring (bicyclic) bond motifs is 1. The van der Waals surface area contributed by atoms with Crippen molar-refractivity contribution in [3.05, 3.63) is 34.3 Å². The van der Waals surface area contributed by atoms with E-state index in [1.807, 2.05) is 6.07 Å². The molecular formula is C13H16BrNO2. The second-order valence-corrected chi connectivity index (χ2v) is 5.80. The van der Waals surface area contributed by atoms with E-state index >= 15 is 0 Å². The minimum absolute atomic E-state index is 0.0650. The quantitative estimate of drug-likeness (QED) is 0.910. The van der Waals surface area contributed by atoms with Gasteiger partial charge in [-0.1, -0.05) is 28.1 Å². The van der Waals surface area contributed by atoms with Gasteiger partial charge in [0.15, 0.2) is 0 Å². The predicted octanol–water partition coefficient (Wildman–Crippen LogP) is 2.60. The largest absolute Gasteiger partial charge is 0.381 e. The van der Waals surface area contributed by atoms with Crippen molar-refractivity contribution in [1.82, 2.24) is 5.48 Å². The van der Waals surface area contributed by atoms with Crippen LogP contribution in [0.25, 0.3) is 0 Å². The summed E-state index contributed by atoms with van der Waals surface area (Å²) in [7, 11) is 1.79. The highest BCUT2D eigenvalue weighted by atomic mass is 79.9. The normalized spacial score (nSPS) is 36.1. The van der Waals surface area contributed by atoms with Crippen LogP contribution < -0.4 is 5.48 Å². The maximum absolute atomic E-state index is 5.52. The lowest BCUT2D eigenvalue weighted by Crippen LogP contribution is -2.38. The molecule has 1 aliphatic carbocycles. The molecule has 2 aliphatic rings. The first-order valence-electron chi connectivity index (χ1n) is 5.92. The van der Waals surface area contributed by atoms with E-state index in [1.165, 1.54) is 5.56 Å². The van der Waals surface area contributed by atoms with E-state index in [0.717, 1.165) is 23.9 Å². The van der Waals surface area contributed by atoms with Crippen LogP contribution in [0.4, 0.5) is 0 Å². The Kier molecular flexibility index (Phi) is 2.99. The Bertz CT molecular complexity index is 426. The van der Waals surface area contributed by atoms with Crippen molar-refractivity contribution >= 4 is 15.9 Å². The number of benzene rings is 1. The van der Waals surface area contributed by atoms with Gasteiger partial charge in [-0.05, 0) is 30.5 Å². The van der Waals surface area contributed by atoms with E-state index in [2.05, 4.69) is 39.6 Å². The summed E-state index contributed by atoms with van der Waals surface area (Å²) in [5.74, 6) is 0.502. The van der Waals surface area contributed by atoms with Crippen LogP contribution in [0.3, 0.4) is 0 Å². The van der Waals surface area contributed by atoms with Crippen LogP contribution in [0.5, 0.6) is 0 Å². The van der Waals surface area contributed by atoms with Gasteiger partial charge in [0.05, 0.1) is 18.2 Å². The van der Waals surface area contributed by atoms with Gasteiger partial charge in [-0.2, -0.15) is 5.48 Å². The average molecular weight is 298 g/mol. The third kappa shape index (κ3) is 1.83. The maximum Gasteiger partial charge on any atom is 0.0757 e. The molecule has 0 spiro atoms. The first kappa shape index (κ1) is 11.7. The molecule has 1 saturated heterocycles. The summed E-state index contributed by atoms with van der Waals surface area (Å²) < 4.78 is 6.63. The summed E-state index contributed by atoms with van der Waals surface area (Å²) in [6.07, 6.45) is 2.37. The van der Waals surface area contributed by atoms with Crippen molar-refractivity contribution in [2.24, 2.45) is 5.92 Å². The van der Waals surface area contributed by atoms with Gasteiger partial charge >= 0.3 is 0 Å². The van der Waals surface area contributed by atoms with Crippen LogP contribution in [-0.4, -0.2) is 19.8 Å². The second-order valence-electron chi connectivity index (χ2n) is 4.89. The zero-order valence-corrected chi connectivity index (χ0v) is 11.4. The minimum Gasteiger partial charge on any atom is -0.381 e. The van der Waals surface area contributed by atoms with Gasteiger partial charge in [0.2, 0.25) is 0 Å². The van der Waals surface area contributed by atoms with Gasteiger partial charge in [0, 0.05) is 17.5 Å². The highest BCUT2D eigenvalue weighted by molar-refractivity contribution is 9.10. The van der Waals surface area contributed by atoms with Crippen molar-refractivity contribution in [3.63, 3.8) is 0 Å². The van der Waals surface area contributed by atoms with E-state index in [0.29, 0.717) is 12.0 Å². The number of rotatable bonds is 2. The topological polar surface area (TPSA) is 30.5 Å². The Morgan fingerprint density at radius 1 is 1.53 bits per heavy atom. The van der Waals surface area contributed by atoms with E-state index in [1.54, 1.807) is 7.11 Å². The fourth-order valence-electron chi connectivity index (χ4n) is 3.09. The third-order valence-electron chi connectivity index (χ3n) is 4.01. The van der Waals surface area contributed by atoms with E-state index in [-0.39, 0.29) is 5.54 Å². The molecule has 1 aromatic rings. The number of nitrogens with one attached hydrogen (secondary N) is 1. The molecule has 1 heterocycles. The summed E-state index contributed by atoms with van der Waals surface area (Å²) in [5.41, 5.74) is 4.46. The van der Waals surface area contributed by atoms with Crippen LogP contribution in [0.2, 0.25) is 0 Å². The molecule has 17 heavy (non-hydrogen) atoms. The van der Waals surface area contributed by atoms with Gasteiger partial charge in [0.25, 0.3) is 0 Å². The second kappa shape index (κ2) is 4.35.